The van der Waals surface area contributed by atoms with Crippen molar-refractivity contribution in [3.8, 4) is 36.4 Å². The molecule has 0 aliphatic carbocycles. The number of nitriles is 6. The maximum Gasteiger partial charge on any atom is 0.177 e. The number of benzene rings is 5. The summed E-state index contributed by atoms with van der Waals surface area (Å²) in [5.74, 6) is 0. The van der Waals surface area contributed by atoms with Gasteiger partial charge in [-0.1, -0.05) is 24.3 Å². The van der Waals surface area contributed by atoms with Gasteiger partial charge in [-0.2, -0.15) is 31.6 Å². The van der Waals surface area contributed by atoms with E-state index < -0.39 is 0 Å². The first kappa shape index (κ1) is 21.9. The van der Waals surface area contributed by atoms with Crippen LogP contribution in [0.2, 0.25) is 0 Å². The fraction of sp³-hybridized carbons (Fsp3) is 0. The number of rotatable bonds is 0. The highest BCUT2D eigenvalue weighted by molar-refractivity contribution is 6.27. The van der Waals surface area contributed by atoms with E-state index in [0.717, 1.165) is 16.2 Å². The summed E-state index contributed by atoms with van der Waals surface area (Å²) < 4.78 is 0. The first-order valence-corrected chi connectivity index (χ1v) is 11.1. The smallest absolute Gasteiger partial charge is 0.177 e. The summed E-state index contributed by atoms with van der Waals surface area (Å²) in [6.07, 6.45) is 0. The van der Waals surface area contributed by atoms with E-state index in [1.165, 1.54) is 0 Å². The van der Waals surface area contributed by atoms with Gasteiger partial charge in [0.15, 0.2) is 11.4 Å². The van der Waals surface area contributed by atoms with Crippen molar-refractivity contribution in [3.63, 3.8) is 0 Å². The normalized spacial score (nSPS) is 10.5. The summed E-state index contributed by atoms with van der Waals surface area (Å²) in [7, 11) is 0. The van der Waals surface area contributed by atoms with Gasteiger partial charge >= 0.3 is 0 Å². The molecule has 168 valence electrons. The first-order chi connectivity index (χ1) is 18.6. The van der Waals surface area contributed by atoms with Crippen LogP contribution in [-0.2, 0) is 0 Å². The SMILES string of the molecule is N#Cc1nc2c3cc4ccccc4cc3c3cc4c(C#N)c(C#N)c(C#N)c(C#N)c4cc3c2nc1C#N. The van der Waals surface area contributed by atoms with Gasteiger partial charge in [-0.25, -0.2) is 9.97 Å². The van der Waals surface area contributed by atoms with Gasteiger partial charge in [-0.3, -0.25) is 0 Å². The molecular weight excluding hydrogens is 472 g/mol. The van der Waals surface area contributed by atoms with Crippen molar-refractivity contribution in [1.29, 1.82) is 31.6 Å². The molecule has 8 heteroatoms. The van der Waals surface area contributed by atoms with Crippen LogP contribution in [0.25, 0.3) is 54.1 Å². The highest BCUT2D eigenvalue weighted by Crippen LogP contribution is 2.40. The third-order valence-electron chi connectivity index (χ3n) is 6.69. The zero-order chi connectivity index (χ0) is 26.6. The molecule has 8 nitrogen and oxygen atoms in total. The summed E-state index contributed by atoms with van der Waals surface area (Å²) >= 11 is 0. The average molecular weight is 480 g/mol. The lowest BCUT2D eigenvalue weighted by atomic mass is 9.87. The second-order valence-corrected chi connectivity index (χ2v) is 8.48. The van der Waals surface area contributed by atoms with E-state index in [-0.39, 0.29) is 33.6 Å². The minimum absolute atomic E-state index is 0.00221. The maximum absolute atomic E-state index is 9.97. The fourth-order valence-electron chi connectivity index (χ4n) is 5.03. The molecule has 6 aromatic rings. The Morgan fingerprint density at radius 1 is 0.421 bits per heavy atom. The van der Waals surface area contributed by atoms with E-state index in [4.69, 9.17) is 0 Å². The van der Waals surface area contributed by atoms with Crippen LogP contribution in [0.1, 0.15) is 33.6 Å². The molecule has 0 saturated carbocycles. The molecule has 0 aliphatic rings. The second kappa shape index (κ2) is 7.99. The van der Waals surface area contributed by atoms with Gasteiger partial charge in [0.1, 0.15) is 36.4 Å². The van der Waals surface area contributed by atoms with Crippen molar-refractivity contribution >= 4 is 54.1 Å². The predicted molar refractivity (Wildman–Crippen MR) is 138 cm³/mol. The molecule has 0 radical (unpaired) electrons. The molecule has 0 amide bonds. The first-order valence-electron chi connectivity index (χ1n) is 11.1. The van der Waals surface area contributed by atoms with E-state index in [2.05, 4.69) is 9.97 Å². The lowest BCUT2D eigenvalue weighted by Crippen LogP contribution is -2.00. The summed E-state index contributed by atoms with van der Waals surface area (Å²) in [5.41, 5.74) is 0.129. The molecule has 0 unspecified atom stereocenters. The summed E-state index contributed by atoms with van der Waals surface area (Å²) in [4.78, 5) is 9.00. The monoisotopic (exact) mass is 480 g/mol. The number of hydrogen-bond donors (Lipinski definition) is 0. The fourth-order valence-corrected chi connectivity index (χ4v) is 5.03. The van der Waals surface area contributed by atoms with Crippen LogP contribution in [0, 0.1) is 68.0 Å². The Balaban J connectivity index is 2.00. The lowest BCUT2D eigenvalue weighted by Gasteiger charge is -2.14. The zero-order valence-corrected chi connectivity index (χ0v) is 19.2. The van der Waals surface area contributed by atoms with Crippen LogP contribution < -0.4 is 0 Å². The van der Waals surface area contributed by atoms with Gasteiger partial charge in [0.2, 0.25) is 0 Å². The summed E-state index contributed by atoms with van der Waals surface area (Å²) in [6, 6.07) is 26.7. The van der Waals surface area contributed by atoms with Crippen LogP contribution in [0.5, 0.6) is 0 Å². The summed E-state index contributed by atoms with van der Waals surface area (Å²) in [6.45, 7) is 0. The molecular formula is C30H8N8. The van der Waals surface area contributed by atoms with Gasteiger partial charge < -0.3 is 0 Å². The number of nitrogens with zero attached hydrogens (tertiary/aromatic N) is 8. The quantitative estimate of drug-likeness (QED) is 0.203. The van der Waals surface area contributed by atoms with Crippen molar-refractivity contribution in [2.75, 3.05) is 0 Å². The van der Waals surface area contributed by atoms with Crippen LogP contribution in [0.15, 0.2) is 48.5 Å². The minimum atomic E-state index is -0.176. The summed E-state index contributed by atoms with van der Waals surface area (Å²) in [5, 5.41) is 63.8. The van der Waals surface area contributed by atoms with Crippen molar-refractivity contribution < 1.29 is 0 Å². The minimum Gasteiger partial charge on any atom is -0.232 e. The third kappa shape index (κ3) is 2.78. The Hall–Kier alpha value is -6.58. The zero-order valence-electron chi connectivity index (χ0n) is 19.2. The van der Waals surface area contributed by atoms with Crippen molar-refractivity contribution in [2.24, 2.45) is 0 Å². The van der Waals surface area contributed by atoms with Crippen molar-refractivity contribution in [1.82, 2.24) is 9.97 Å². The largest absolute Gasteiger partial charge is 0.232 e. The average Bonchev–Trinajstić information content (AvgIpc) is 2.97. The van der Waals surface area contributed by atoms with E-state index in [0.29, 0.717) is 38.0 Å². The molecule has 0 aliphatic heterocycles. The third-order valence-corrected chi connectivity index (χ3v) is 6.69. The molecule has 0 saturated heterocycles. The standard InChI is InChI=1S/C30H8N8/c31-9-23-19-7-18-17-5-15-3-1-2-4-16(15)6-21(17)29-30(38-28(14-36)27(13-35)37-29)22(18)8-20(19)24(10-32)26(12-34)25(23)11-33/h1-8H. The lowest BCUT2D eigenvalue weighted by molar-refractivity contribution is 1.21. The van der Waals surface area contributed by atoms with E-state index >= 15 is 0 Å². The van der Waals surface area contributed by atoms with Gasteiger partial charge in [0, 0.05) is 21.5 Å². The highest BCUT2D eigenvalue weighted by atomic mass is 14.8. The molecule has 0 spiro atoms. The van der Waals surface area contributed by atoms with Crippen LogP contribution in [0.3, 0.4) is 0 Å². The maximum atomic E-state index is 9.97. The van der Waals surface area contributed by atoms with E-state index in [1.54, 1.807) is 12.1 Å². The number of fused-ring (bicyclic) bond motifs is 8. The van der Waals surface area contributed by atoms with Gasteiger partial charge in [0.25, 0.3) is 0 Å². The van der Waals surface area contributed by atoms with E-state index in [1.807, 2.05) is 72.8 Å². The highest BCUT2D eigenvalue weighted by Gasteiger charge is 2.23. The van der Waals surface area contributed by atoms with Crippen LogP contribution >= 0.6 is 0 Å². The molecule has 5 aromatic carbocycles. The Morgan fingerprint density at radius 2 is 0.816 bits per heavy atom. The van der Waals surface area contributed by atoms with Gasteiger partial charge in [-0.15, -0.1) is 0 Å². The van der Waals surface area contributed by atoms with Gasteiger partial charge in [0.05, 0.1) is 33.3 Å². The Labute approximate surface area is 214 Å². The molecule has 38 heavy (non-hydrogen) atoms. The van der Waals surface area contributed by atoms with Crippen molar-refractivity contribution in [3.05, 3.63) is 82.2 Å². The molecule has 0 fully saturated rings. The van der Waals surface area contributed by atoms with Crippen molar-refractivity contribution in [2.45, 2.75) is 0 Å². The molecule has 6 rings (SSSR count). The Kier molecular flexibility index (Phi) is 4.61. The topological polar surface area (TPSA) is 169 Å². The number of aromatic nitrogens is 2. The molecule has 1 heterocycles. The van der Waals surface area contributed by atoms with E-state index in [9.17, 15) is 31.6 Å². The molecule has 0 bridgehead atoms. The van der Waals surface area contributed by atoms with Crippen LogP contribution in [-0.4, -0.2) is 9.97 Å². The molecule has 1 aromatic heterocycles. The molecule has 0 atom stereocenters. The predicted octanol–water partition coefficient (Wildman–Crippen LogP) is 5.47. The molecule has 0 N–H and O–H groups in total. The number of hydrogen-bond acceptors (Lipinski definition) is 8. The second-order valence-electron chi connectivity index (χ2n) is 8.48. The Morgan fingerprint density at radius 3 is 1.26 bits per heavy atom. The van der Waals surface area contributed by atoms with Crippen LogP contribution in [0.4, 0.5) is 0 Å². The Bertz CT molecular complexity index is 2360. The van der Waals surface area contributed by atoms with Gasteiger partial charge in [-0.05, 0) is 45.8 Å².